The van der Waals surface area contributed by atoms with Crippen molar-refractivity contribution in [2.45, 2.75) is 19.4 Å². The first-order chi connectivity index (χ1) is 7.50. The molecule has 0 saturated carbocycles. The smallest absolute Gasteiger partial charge is 0.256 e. The van der Waals surface area contributed by atoms with Crippen LogP contribution in [-0.4, -0.2) is 29.7 Å². The second-order valence-corrected chi connectivity index (χ2v) is 5.45. The van der Waals surface area contributed by atoms with Crippen LogP contribution >= 0.6 is 15.9 Å². The molecule has 1 aliphatic rings. The number of ether oxygens (including phenoxy) is 1. The first-order valence-electron chi connectivity index (χ1n) is 5.16. The average molecular weight is 284 g/mol. The highest BCUT2D eigenvalue weighted by Crippen LogP contribution is 2.24. The molecule has 0 radical (unpaired) electrons. The van der Waals surface area contributed by atoms with Gasteiger partial charge in [0.1, 0.15) is 6.73 Å². The SMILES string of the molecule is CC1(C)COCN1C(=O)c1ccc(Br)cc1. The topological polar surface area (TPSA) is 29.5 Å². The molecule has 0 spiro atoms. The van der Waals surface area contributed by atoms with Crippen molar-refractivity contribution in [1.29, 1.82) is 0 Å². The van der Waals surface area contributed by atoms with Crippen LogP contribution in [0.2, 0.25) is 0 Å². The Morgan fingerprint density at radius 2 is 2.00 bits per heavy atom. The zero-order valence-corrected chi connectivity index (χ0v) is 11.0. The number of benzene rings is 1. The fourth-order valence-electron chi connectivity index (χ4n) is 1.72. The molecule has 0 unspecified atom stereocenters. The van der Waals surface area contributed by atoms with Gasteiger partial charge in [-0.3, -0.25) is 4.79 Å². The third-order valence-corrected chi connectivity index (χ3v) is 3.27. The highest BCUT2D eigenvalue weighted by atomic mass is 79.9. The summed E-state index contributed by atoms with van der Waals surface area (Å²) in [5.74, 6) is 0.0231. The second-order valence-electron chi connectivity index (χ2n) is 4.53. The summed E-state index contributed by atoms with van der Waals surface area (Å²) in [6.07, 6.45) is 0. The van der Waals surface area contributed by atoms with Gasteiger partial charge in [-0.2, -0.15) is 0 Å². The number of carbonyl (C=O) groups is 1. The van der Waals surface area contributed by atoms with Crippen LogP contribution in [0.3, 0.4) is 0 Å². The highest BCUT2D eigenvalue weighted by molar-refractivity contribution is 9.10. The molecule has 1 amide bonds. The summed E-state index contributed by atoms with van der Waals surface area (Å²) < 4.78 is 6.31. The highest BCUT2D eigenvalue weighted by Gasteiger charge is 2.36. The Kier molecular flexibility index (Phi) is 3.04. The van der Waals surface area contributed by atoms with Crippen LogP contribution in [0.15, 0.2) is 28.7 Å². The van der Waals surface area contributed by atoms with Gasteiger partial charge in [0.2, 0.25) is 0 Å². The molecule has 3 nitrogen and oxygen atoms in total. The quantitative estimate of drug-likeness (QED) is 0.793. The van der Waals surface area contributed by atoms with E-state index >= 15 is 0 Å². The second kappa shape index (κ2) is 4.18. The van der Waals surface area contributed by atoms with E-state index in [1.54, 1.807) is 4.90 Å². The van der Waals surface area contributed by atoms with Crippen molar-refractivity contribution in [3.8, 4) is 0 Å². The van der Waals surface area contributed by atoms with E-state index < -0.39 is 0 Å². The van der Waals surface area contributed by atoms with Crippen LogP contribution in [0.4, 0.5) is 0 Å². The standard InChI is InChI=1S/C12H14BrNO2/c1-12(2)7-16-8-14(12)11(15)9-3-5-10(13)6-4-9/h3-6H,7-8H2,1-2H3. The van der Waals surface area contributed by atoms with Crippen LogP contribution in [0, 0.1) is 0 Å². The Balaban J connectivity index is 2.22. The number of carbonyl (C=O) groups excluding carboxylic acids is 1. The van der Waals surface area contributed by atoms with Crippen LogP contribution in [0.1, 0.15) is 24.2 Å². The Hall–Kier alpha value is -0.870. The Bertz CT molecular complexity index is 400. The Labute approximate surface area is 104 Å². The lowest BCUT2D eigenvalue weighted by atomic mass is 10.0. The van der Waals surface area contributed by atoms with E-state index in [9.17, 15) is 4.79 Å². The lowest BCUT2D eigenvalue weighted by molar-refractivity contribution is 0.0605. The van der Waals surface area contributed by atoms with Gasteiger partial charge >= 0.3 is 0 Å². The van der Waals surface area contributed by atoms with Crippen molar-refractivity contribution >= 4 is 21.8 Å². The predicted octanol–water partition coefficient (Wildman–Crippen LogP) is 2.66. The van der Waals surface area contributed by atoms with Gasteiger partial charge in [-0.15, -0.1) is 0 Å². The van der Waals surface area contributed by atoms with Gasteiger partial charge in [0, 0.05) is 10.0 Å². The van der Waals surface area contributed by atoms with E-state index in [2.05, 4.69) is 15.9 Å². The van der Waals surface area contributed by atoms with Gasteiger partial charge in [-0.1, -0.05) is 15.9 Å². The van der Waals surface area contributed by atoms with Crippen LogP contribution in [-0.2, 0) is 4.74 Å². The molecule has 0 bridgehead atoms. The summed E-state index contributed by atoms with van der Waals surface area (Å²) in [5, 5.41) is 0. The van der Waals surface area contributed by atoms with Crippen LogP contribution < -0.4 is 0 Å². The van der Waals surface area contributed by atoms with Gasteiger partial charge < -0.3 is 9.64 Å². The summed E-state index contributed by atoms with van der Waals surface area (Å²) >= 11 is 3.35. The summed E-state index contributed by atoms with van der Waals surface area (Å²) in [5.41, 5.74) is 0.478. The Morgan fingerprint density at radius 1 is 1.38 bits per heavy atom. The summed E-state index contributed by atoms with van der Waals surface area (Å²) in [4.78, 5) is 14.0. The molecular formula is C12H14BrNO2. The summed E-state index contributed by atoms with van der Waals surface area (Å²) in [6.45, 7) is 4.99. The zero-order valence-electron chi connectivity index (χ0n) is 9.37. The van der Waals surface area contributed by atoms with Gasteiger partial charge in [0.05, 0.1) is 12.1 Å². The molecule has 0 N–H and O–H groups in total. The molecule has 2 rings (SSSR count). The molecule has 0 atom stereocenters. The maximum atomic E-state index is 12.2. The minimum absolute atomic E-state index is 0.0231. The molecule has 0 aliphatic carbocycles. The third kappa shape index (κ3) is 2.13. The lowest BCUT2D eigenvalue weighted by Gasteiger charge is -2.29. The third-order valence-electron chi connectivity index (χ3n) is 2.74. The molecule has 1 aromatic rings. The number of halogens is 1. The van der Waals surface area contributed by atoms with E-state index in [1.807, 2.05) is 38.1 Å². The van der Waals surface area contributed by atoms with Gasteiger partial charge in [0.25, 0.3) is 5.91 Å². The minimum atomic E-state index is -0.218. The van der Waals surface area contributed by atoms with E-state index in [4.69, 9.17) is 4.74 Å². The Morgan fingerprint density at radius 3 is 2.50 bits per heavy atom. The van der Waals surface area contributed by atoms with E-state index in [-0.39, 0.29) is 11.4 Å². The van der Waals surface area contributed by atoms with E-state index in [0.29, 0.717) is 18.9 Å². The first-order valence-corrected chi connectivity index (χ1v) is 5.95. The number of hydrogen-bond donors (Lipinski definition) is 0. The molecule has 1 aromatic carbocycles. The molecule has 86 valence electrons. The van der Waals surface area contributed by atoms with Gasteiger partial charge in [0.15, 0.2) is 0 Å². The molecule has 1 fully saturated rings. The molecule has 1 saturated heterocycles. The van der Waals surface area contributed by atoms with Crippen molar-refractivity contribution in [2.24, 2.45) is 0 Å². The van der Waals surface area contributed by atoms with Crippen molar-refractivity contribution in [3.63, 3.8) is 0 Å². The maximum Gasteiger partial charge on any atom is 0.256 e. The fourth-order valence-corrected chi connectivity index (χ4v) is 1.99. The predicted molar refractivity (Wildman–Crippen MR) is 65.2 cm³/mol. The molecular weight excluding hydrogens is 270 g/mol. The van der Waals surface area contributed by atoms with E-state index in [1.165, 1.54) is 0 Å². The fraction of sp³-hybridized carbons (Fsp3) is 0.417. The van der Waals surface area contributed by atoms with E-state index in [0.717, 1.165) is 4.47 Å². The van der Waals surface area contributed by atoms with Gasteiger partial charge in [-0.25, -0.2) is 0 Å². The summed E-state index contributed by atoms with van der Waals surface area (Å²) in [6, 6.07) is 7.38. The lowest BCUT2D eigenvalue weighted by Crippen LogP contribution is -2.44. The molecule has 4 heteroatoms. The normalized spacial score (nSPS) is 18.8. The number of nitrogens with zero attached hydrogens (tertiary/aromatic N) is 1. The van der Waals surface area contributed by atoms with Crippen LogP contribution in [0.5, 0.6) is 0 Å². The summed E-state index contributed by atoms with van der Waals surface area (Å²) in [7, 11) is 0. The molecule has 1 heterocycles. The largest absolute Gasteiger partial charge is 0.359 e. The maximum absolute atomic E-state index is 12.2. The number of rotatable bonds is 1. The molecule has 0 aromatic heterocycles. The number of amides is 1. The van der Waals surface area contributed by atoms with Crippen molar-refractivity contribution < 1.29 is 9.53 Å². The zero-order chi connectivity index (χ0) is 11.8. The monoisotopic (exact) mass is 283 g/mol. The minimum Gasteiger partial charge on any atom is -0.359 e. The number of hydrogen-bond acceptors (Lipinski definition) is 2. The van der Waals surface area contributed by atoms with Crippen LogP contribution in [0.25, 0.3) is 0 Å². The van der Waals surface area contributed by atoms with Crippen molar-refractivity contribution in [2.75, 3.05) is 13.3 Å². The van der Waals surface area contributed by atoms with Gasteiger partial charge in [-0.05, 0) is 38.1 Å². The van der Waals surface area contributed by atoms with Crippen molar-refractivity contribution in [3.05, 3.63) is 34.3 Å². The molecule has 1 aliphatic heterocycles. The molecule has 16 heavy (non-hydrogen) atoms. The first kappa shape index (κ1) is 11.6. The van der Waals surface area contributed by atoms with Crippen molar-refractivity contribution in [1.82, 2.24) is 4.90 Å². The average Bonchev–Trinajstić information content (AvgIpc) is 2.58.